The molecule has 0 unspecified atom stereocenters. The highest BCUT2D eigenvalue weighted by molar-refractivity contribution is 7.92. The van der Waals surface area contributed by atoms with Crippen molar-refractivity contribution in [3.05, 3.63) is 23.8 Å². The number of aliphatic hydroxyl groups excluding tert-OH is 1. The molecule has 2 rings (SSSR count). The summed E-state index contributed by atoms with van der Waals surface area (Å²) in [4.78, 5) is 14.7. The van der Waals surface area contributed by atoms with Crippen molar-refractivity contribution in [3.63, 3.8) is 0 Å². The third-order valence-electron chi connectivity index (χ3n) is 4.97. The average Bonchev–Trinajstić information content (AvgIpc) is 2.62. The molecule has 170 valence electrons. The second-order valence-electron chi connectivity index (χ2n) is 7.75. The Bertz CT molecular complexity index is 995. The Morgan fingerprint density at radius 3 is 2.47 bits per heavy atom. The zero-order chi connectivity index (χ0) is 22.9. The maximum Gasteiger partial charge on any atom is 0.258 e. The molecule has 1 aliphatic heterocycles. The van der Waals surface area contributed by atoms with Crippen molar-refractivity contribution >= 4 is 31.6 Å². The fraction of sp³-hybridized carbons (Fsp3) is 0.611. The van der Waals surface area contributed by atoms with Gasteiger partial charge in [0.05, 0.1) is 37.3 Å². The van der Waals surface area contributed by atoms with E-state index in [0.717, 1.165) is 12.5 Å². The van der Waals surface area contributed by atoms with Gasteiger partial charge in [0.25, 0.3) is 5.91 Å². The number of benzene rings is 1. The number of sulfonamides is 2. The SMILES string of the molecule is C[C@@H]1CN([C@H](C)CO)C(=O)c2cc(NS(C)(=O)=O)ccc2O[C@@H]1CN(C)S(C)(=O)=O. The smallest absolute Gasteiger partial charge is 0.258 e. The van der Waals surface area contributed by atoms with E-state index in [-0.39, 0.29) is 42.6 Å². The molecular weight excluding hydrogens is 434 g/mol. The fourth-order valence-electron chi connectivity index (χ4n) is 3.11. The van der Waals surface area contributed by atoms with Crippen molar-refractivity contribution in [1.82, 2.24) is 9.21 Å². The average molecular weight is 464 g/mol. The van der Waals surface area contributed by atoms with Crippen LogP contribution in [0.4, 0.5) is 5.69 Å². The topological polar surface area (TPSA) is 133 Å². The van der Waals surface area contributed by atoms with Gasteiger partial charge in [-0.15, -0.1) is 0 Å². The van der Waals surface area contributed by atoms with Crippen LogP contribution in [0.1, 0.15) is 24.2 Å². The molecule has 1 aromatic carbocycles. The number of carbonyl (C=O) groups excluding carboxylic acids is 1. The number of ether oxygens (including phenoxy) is 1. The van der Waals surface area contributed by atoms with Crippen LogP contribution in [0.15, 0.2) is 18.2 Å². The van der Waals surface area contributed by atoms with Crippen LogP contribution in [-0.2, 0) is 20.0 Å². The van der Waals surface area contributed by atoms with Crippen LogP contribution in [0, 0.1) is 5.92 Å². The molecule has 1 amide bonds. The minimum absolute atomic E-state index is 0.0678. The second-order valence-corrected chi connectivity index (χ2v) is 11.6. The maximum atomic E-state index is 13.2. The molecule has 0 fully saturated rings. The highest BCUT2D eigenvalue weighted by Gasteiger charge is 2.34. The van der Waals surface area contributed by atoms with E-state index in [2.05, 4.69) is 4.72 Å². The molecule has 0 spiro atoms. The standard InChI is InChI=1S/C18H29N3O7S2/c1-12-9-21(13(2)11-22)18(23)15-8-14(19-29(4,24)25)6-7-16(15)28-17(12)10-20(3)30(5,26)27/h6-8,12-13,17,19,22H,9-11H2,1-5H3/t12-,13-,17-/m1/s1. The van der Waals surface area contributed by atoms with Crippen LogP contribution >= 0.6 is 0 Å². The minimum Gasteiger partial charge on any atom is -0.488 e. The Hall–Kier alpha value is -1.89. The number of nitrogens with one attached hydrogen (secondary N) is 1. The minimum atomic E-state index is -3.55. The molecule has 1 heterocycles. The van der Waals surface area contributed by atoms with Gasteiger partial charge in [0.1, 0.15) is 11.9 Å². The lowest BCUT2D eigenvalue weighted by Crippen LogP contribution is -2.50. The van der Waals surface area contributed by atoms with Crippen LogP contribution in [0.2, 0.25) is 0 Å². The van der Waals surface area contributed by atoms with Crippen LogP contribution < -0.4 is 9.46 Å². The first-order chi connectivity index (χ1) is 13.7. The summed E-state index contributed by atoms with van der Waals surface area (Å²) in [6.07, 6.45) is 1.53. The second kappa shape index (κ2) is 9.08. The normalized spacial score (nSPS) is 21.4. The van der Waals surface area contributed by atoms with Gasteiger partial charge >= 0.3 is 0 Å². The third-order valence-corrected chi connectivity index (χ3v) is 6.86. The number of fused-ring (bicyclic) bond motifs is 1. The van der Waals surface area contributed by atoms with E-state index in [1.807, 2.05) is 6.92 Å². The lowest BCUT2D eigenvalue weighted by Gasteiger charge is -2.38. The van der Waals surface area contributed by atoms with Crippen molar-refractivity contribution in [1.29, 1.82) is 0 Å². The summed E-state index contributed by atoms with van der Waals surface area (Å²) in [6, 6.07) is 3.83. The van der Waals surface area contributed by atoms with Gasteiger partial charge < -0.3 is 14.7 Å². The number of amides is 1. The molecule has 1 aromatic rings. The van der Waals surface area contributed by atoms with Crippen molar-refractivity contribution < 1.29 is 31.5 Å². The summed E-state index contributed by atoms with van der Waals surface area (Å²) in [5, 5.41) is 9.62. The quantitative estimate of drug-likeness (QED) is 0.589. The van der Waals surface area contributed by atoms with Gasteiger partial charge in [-0.2, -0.15) is 0 Å². The molecule has 30 heavy (non-hydrogen) atoms. The number of aliphatic hydroxyl groups is 1. The van der Waals surface area contributed by atoms with E-state index < -0.39 is 38.1 Å². The van der Waals surface area contributed by atoms with Crippen LogP contribution in [0.3, 0.4) is 0 Å². The van der Waals surface area contributed by atoms with Gasteiger partial charge in [-0.05, 0) is 25.1 Å². The van der Waals surface area contributed by atoms with Gasteiger partial charge in [-0.25, -0.2) is 21.1 Å². The lowest BCUT2D eigenvalue weighted by molar-refractivity contribution is 0.0387. The van der Waals surface area contributed by atoms with E-state index in [4.69, 9.17) is 4.74 Å². The highest BCUT2D eigenvalue weighted by atomic mass is 32.2. The van der Waals surface area contributed by atoms with Gasteiger partial charge in [-0.3, -0.25) is 9.52 Å². The largest absolute Gasteiger partial charge is 0.488 e. The number of carbonyl (C=O) groups is 1. The molecule has 10 nitrogen and oxygen atoms in total. The Kier molecular flexibility index (Phi) is 7.38. The molecule has 0 saturated carbocycles. The Morgan fingerprint density at radius 1 is 1.30 bits per heavy atom. The summed E-state index contributed by atoms with van der Waals surface area (Å²) in [7, 11) is -5.55. The number of anilines is 1. The Morgan fingerprint density at radius 2 is 1.93 bits per heavy atom. The van der Waals surface area contributed by atoms with Gasteiger partial charge in [0.2, 0.25) is 20.0 Å². The zero-order valence-electron chi connectivity index (χ0n) is 17.7. The molecule has 0 radical (unpaired) electrons. The highest BCUT2D eigenvalue weighted by Crippen LogP contribution is 2.31. The first kappa shape index (κ1) is 24.4. The van der Waals surface area contributed by atoms with E-state index in [9.17, 15) is 26.7 Å². The molecule has 2 N–H and O–H groups in total. The van der Waals surface area contributed by atoms with E-state index >= 15 is 0 Å². The van der Waals surface area contributed by atoms with Crippen molar-refractivity contribution in [2.45, 2.75) is 26.0 Å². The monoisotopic (exact) mass is 463 g/mol. The van der Waals surface area contributed by atoms with Crippen LogP contribution in [0.5, 0.6) is 5.75 Å². The van der Waals surface area contributed by atoms with Crippen molar-refractivity contribution in [2.24, 2.45) is 5.92 Å². The summed E-state index contributed by atoms with van der Waals surface area (Å²) in [5.41, 5.74) is 0.325. The van der Waals surface area contributed by atoms with Gasteiger partial charge in [0, 0.05) is 25.2 Å². The maximum absolute atomic E-state index is 13.2. The fourth-order valence-corrected chi connectivity index (χ4v) is 4.08. The summed E-state index contributed by atoms with van der Waals surface area (Å²) >= 11 is 0. The number of nitrogens with zero attached hydrogens (tertiary/aromatic N) is 2. The van der Waals surface area contributed by atoms with E-state index in [1.54, 1.807) is 6.92 Å². The number of rotatable bonds is 7. The summed E-state index contributed by atoms with van der Waals surface area (Å²) in [6.45, 7) is 3.58. The molecule has 0 aliphatic carbocycles. The Balaban J connectivity index is 2.52. The van der Waals surface area contributed by atoms with Gasteiger partial charge in [-0.1, -0.05) is 6.92 Å². The zero-order valence-corrected chi connectivity index (χ0v) is 19.3. The van der Waals surface area contributed by atoms with E-state index in [0.29, 0.717) is 0 Å². The molecule has 0 saturated heterocycles. The summed E-state index contributed by atoms with van der Waals surface area (Å²) < 4.78 is 56.4. The summed E-state index contributed by atoms with van der Waals surface area (Å²) in [5.74, 6) is -0.438. The third kappa shape index (κ3) is 6.06. The molecule has 0 bridgehead atoms. The van der Waals surface area contributed by atoms with Gasteiger partial charge in [0.15, 0.2) is 0 Å². The first-order valence-corrected chi connectivity index (χ1v) is 13.1. The van der Waals surface area contributed by atoms with E-state index in [1.165, 1.54) is 34.5 Å². The lowest BCUT2D eigenvalue weighted by atomic mass is 9.99. The molecule has 0 aromatic heterocycles. The number of hydrogen-bond acceptors (Lipinski definition) is 7. The molecule has 3 atom stereocenters. The van der Waals surface area contributed by atoms with Crippen LogP contribution in [-0.4, -0.2) is 88.5 Å². The first-order valence-electron chi connectivity index (χ1n) is 9.34. The number of likely N-dealkylation sites (N-methyl/N-ethyl adjacent to an activating group) is 1. The molecular formula is C18H29N3O7S2. The number of hydrogen-bond donors (Lipinski definition) is 2. The Labute approximate surface area is 177 Å². The van der Waals surface area contributed by atoms with Crippen LogP contribution in [0.25, 0.3) is 0 Å². The molecule has 12 heteroatoms. The predicted molar refractivity (Wildman–Crippen MR) is 114 cm³/mol. The predicted octanol–water partition coefficient (Wildman–Crippen LogP) is 0.170. The van der Waals surface area contributed by atoms with Crippen molar-refractivity contribution in [2.75, 3.05) is 44.0 Å². The molecule has 1 aliphatic rings. The van der Waals surface area contributed by atoms with Crippen molar-refractivity contribution in [3.8, 4) is 5.75 Å².